The average molecular weight is 298 g/mol. The molecule has 2 aromatic carbocycles. The SMILES string of the molecule is Cc1cc(F)ccc1C(O)Cc1ccc(C(F)(F)F)cc1. The maximum Gasteiger partial charge on any atom is 0.416 e. The summed E-state index contributed by atoms with van der Waals surface area (Å²) in [5, 5.41) is 10.1. The summed E-state index contributed by atoms with van der Waals surface area (Å²) in [5.41, 5.74) is 1.03. The summed E-state index contributed by atoms with van der Waals surface area (Å²) in [4.78, 5) is 0. The van der Waals surface area contributed by atoms with Gasteiger partial charge >= 0.3 is 6.18 Å². The highest BCUT2D eigenvalue weighted by Crippen LogP contribution is 2.30. The van der Waals surface area contributed by atoms with E-state index in [1.165, 1.54) is 30.3 Å². The van der Waals surface area contributed by atoms with Gasteiger partial charge in [0.15, 0.2) is 0 Å². The van der Waals surface area contributed by atoms with Crippen molar-refractivity contribution in [2.45, 2.75) is 25.6 Å². The first kappa shape index (κ1) is 15.5. The lowest BCUT2D eigenvalue weighted by atomic mass is 9.97. The minimum Gasteiger partial charge on any atom is -0.388 e. The van der Waals surface area contributed by atoms with Crippen LogP contribution in [0.5, 0.6) is 0 Å². The van der Waals surface area contributed by atoms with Crippen LogP contribution in [0, 0.1) is 12.7 Å². The number of rotatable bonds is 3. The van der Waals surface area contributed by atoms with E-state index in [2.05, 4.69) is 0 Å². The lowest BCUT2D eigenvalue weighted by Crippen LogP contribution is -2.06. The molecule has 0 fully saturated rings. The number of hydrogen-bond donors (Lipinski definition) is 1. The summed E-state index contributed by atoms with van der Waals surface area (Å²) in [6, 6.07) is 8.69. The average Bonchev–Trinajstić information content (AvgIpc) is 2.38. The fraction of sp³-hybridized carbons (Fsp3) is 0.250. The van der Waals surface area contributed by atoms with E-state index >= 15 is 0 Å². The van der Waals surface area contributed by atoms with Crippen molar-refractivity contribution >= 4 is 0 Å². The van der Waals surface area contributed by atoms with Crippen LogP contribution in [-0.2, 0) is 12.6 Å². The van der Waals surface area contributed by atoms with Crippen LogP contribution in [0.4, 0.5) is 17.6 Å². The Balaban J connectivity index is 2.14. The second-order valence-electron chi connectivity index (χ2n) is 4.92. The van der Waals surface area contributed by atoms with Gasteiger partial charge in [-0.2, -0.15) is 13.2 Å². The number of aryl methyl sites for hydroxylation is 1. The molecule has 0 bridgehead atoms. The molecule has 1 atom stereocenters. The fourth-order valence-corrected chi connectivity index (χ4v) is 2.18. The molecule has 0 saturated carbocycles. The van der Waals surface area contributed by atoms with Gasteiger partial charge in [0, 0.05) is 6.42 Å². The standard InChI is InChI=1S/C16H14F4O/c1-10-8-13(17)6-7-14(10)15(21)9-11-2-4-12(5-3-11)16(18,19)20/h2-8,15,21H,9H2,1H3. The topological polar surface area (TPSA) is 20.2 Å². The Morgan fingerprint density at radius 1 is 1.05 bits per heavy atom. The van der Waals surface area contributed by atoms with E-state index in [0.717, 1.165) is 12.1 Å². The Bertz CT molecular complexity index is 617. The van der Waals surface area contributed by atoms with Crippen molar-refractivity contribution in [3.63, 3.8) is 0 Å². The molecule has 5 heteroatoms. The molecule has 1 nitrogen and oxygen atoms in total. The van der Waals surface area contributed by atoms with E-state index in [0.29, 0.717) is 16.7 Å². The largest absolute Gasteiger partial charge is 0.416 e. The molecule has 2 aromatic rings. The molecule has 0 amide bonds. The van der Waals surface area contributed by atoms with E-state index in [9.17, 15) is 22.7 Å². The van der Waals surface area contributed by atoms with Crippen LogP contribution in [-0.4, -0.2) is 5.11 Å². The molecule has 0 radical (unpaired) electrons. The Labute approximate surface area is 119 Å². The van der Waals surface area contributed by atoms with Gasteiger partial charge in [0.05, 0.1) is 11.7 Å². The normalized spacial score (nSPS) is 13.2. The van der Waals surface area contributed by atoms with E-state index in [4.69, 9.17) is 0 Å². The second-order valence-corrected chi connectivity index (χ2v) is 4.92. The zero-order valence-corrected chi connectivity index (χ0v) is 11.3. The van der Waals surface area contributed by atoms with Crippen LogP contribution in [0.15, 0.2) is 42.5 Å². The fourth-order valence-electron chi connectivity index (χ4n) is 2.18. The molecule has 0 aliphatic heterocycles. The predicted molar refractivity (Wildman–Crippen MR) is 71.2 cm³/mol. The monoisotopic (exact) mass is 298 g/mol. The van der Waals surface area contributed by atoms with Crippen molar-refractivity contribution in [1.29, 1.82) is 0 Å². The van der Waals surface area contributed by atoms with Gasteiger partial charge in [-0.1, -0.05) is 18.2 Å². The van der Waals surface area contributed by atoms with E-state index in [-0.39, 0.29) is 6.42 Å². The van der Waals surface area contributed by atoms with Gasteiger partial charge in [-0.3, -0.25) is 0 Å². The zero-order chi connectivity index (χ0) is 15.6. The lowest BCUT2D eigenvalue weighted by Gasteiger charge is -2.14. The smallest absolute Gasteiger partial charge is 0.388 e. The maximum absolute atomic E-state index is 13.0. The molecule has 2 rings (SSSR count). The molecule has 0 aliphatic rings. The number of halogens is 4. The van der Waals surface area contributed by atoms with Gasteiger partial charge in [0.2, 0.25) is 0 Å². The van der Waals surface area contributed by atoms with Crippen LogP contribution in [0.25, 0.3) is 0 Å². The first-order valence-corrected chi connectivity index (χ1v) is 6.37. The van der Waals surface area contributed by atoms with Crippen molar-refractivity contribution in [3.05, 3.63) is 70.5 Å². The molecule has 21 heavy (non-hydrogen) atoms. The van der Waals surface area contributed by atoms with Crippen molar-refractivity contribution in [3.8, 4) is 0 Å². The maximum atomic E-state index is 13.0. The Hall–Kier alpha value is -1.88. The van der Waals surface area contributed by atoms with Gasteiger partial charge in [-0.25, -0.2) is 4.39 Å². The molecule has 0 heterocycles. The summed E-state index contributed by atoms with van der Waals surface area (Å²) in [7, 11) is 0. The number of hydrogen-bond acceptors (Lipinski definition) is 1. The number of alkyl halides is 3. The van der Waals surface area contributed by atoms with Gasteiger partial charge in [-0.15, -0.1) is 0 Å². The summed E-state index contributed by atoms with van der Waals surface area (Å²) in [6.07, 6.45) is -5.09. The van der Waals surface area contributed by atoms with Gasteiger partial charge in [0.25, 0.3) is 0 Å². The molecule has 0 aliphatic carbocycles. The van der Waals surface area contributed by atoms with Crippen molar-refractivity contribution in [1.82, 2.24) is 0 Å². The van der Waals surface area contributed by atoms with Crippen LogP contribution in [0.3, 0.4) is 0 Å². The van der Waals surface area contributed by atoms with Crippen molar-refractivity contribution in [2.75, 3.05) is 0 Å². The summed E-state index contributed by atoms with van der Waals surface area (Å²) in [6.45, 7) is 1.67. The van der Waals surface area contributed by atoms with E-state index < -0.39 is 23.7 Å². The molecule has 1 N–H and O–H groups in total. The van der Waals surface area contributed by atoms with Gasteiger partial charge in [-0.05, 0) is 47.9 Å². The first-order valence-electron chi connectivity index (χ1n) is 6.37. The van der Waals surface area contributed by atoms with E-state index in [1.54, 1.807) is 6.92 Å². The molecule has 112 valence electrons. The third-order valence-electron chi connectivity index (χ3n) is 3.30. The summed E-state index contributed by atoms with van der Waals surface area (Å²) >= 11 is 0. The van der Waals surface area contributed by atoms with Crippen molar-refractivity contribution < 1.29 is 22.7 Å². The highest BCUT2D eigenvalue weighted by Gasteiger charge is 2.30. The van der Waals surface area contributed by atoms with Gasteiger partial charge in [0.1, 0.15) is 5.82 Å². The molecule has 1 unspecified atom stereocenters. The Morgan fingerprint density at radius 2 is 1.67 bits per heavy atom. The van der Waals surface area contributed by atoms with Crippen LogP contribution in [0.1, 0.15) is 28.4 Å². The minimum atomic E-state index is -4.37. The minimum absolute atomic E-state index is 0.171. The molecule has 0 aromatic heterocycles. The third kappa shape index (κ3) is 3.82. The number of aliphatic hydroxyl groups is 1. The third-order valence-corrected chi connectivity index (χ3v) is 3.30. The van der Waals surface area contributed by atoms with Crippen LogP contribution in [0.2, 0.25) is 0 Å². The predicted octanol–water partition coefficient (Wildman–Crippen LogP) is 4.43. The Morgan fingerprint density at radius 3 is 2.19 bits per heavy atom. The summed E-state index contributed by atoms with van der Waals surface area (Å²) in [5.74, 6) is -0.391. The highest BCUT2D eigenvalue weighted by molar-refractivity contribution is 5.31. The number of benzene rings is 2. The first-order chi connectivity index (χ1) is 9.77. The van der Waals surface area contributed by atoms with Crippen LogP contribution >= 0.6 is 0 Å². The Kier molecular flexibility index (Phi) is 4.32. The summed E-state index contributed by atoms with van der Waals surface area (Å²) < 4.78 is 50.4. The quantitative estimate of drug-likeness (QED) is 0.831. The zero-order valence-electron chi connectivity index (χ0n) is 11.3. The highest BCUT2D eigenvalue weighted by atomic mass is 19.4. The number of aliphatic hydroxyl groups excluding tert-OH is 1. The molecule has 0 saturated heterocycles. The van der Waals surface area contributed by atoms with E-state index in [1.807, 2.05) is 0 Å². The molecule has 0 spiro atoms. The second kappa shape index (κ2) is 5.85. The van der Waals surface area contributed by atoms with Crippen molar-refractivity contribution in [2.24, 2.45) is 0 Å². The molecular formula is C16H14F4O. The molecular weight excluding hydrogens is 284 g/mol. The van der Waals surface area contributed by atoms with Crippen LogP contribution < -0.4 is 0 Å². The van der Waals surface area contributed by atoms with Gasteiger partial charge < -0.3 is 5.11 Å². The lowest BCUT2D eigenvalue weighted by molar-refractivity contribution is -0.137.